The van der Waals surface area contributed by atoms with Crippen LogP contribution in [0.4, 0.5) is 0 Å². The second kappa shape index (κ2) is 7.22. The van der Waals surface area contributed by atoms with E-state index in [9.17, 15) is 4.79 Å². The molecule has 1 amide bonds. The van der Waals surface area contributed by atoms with Gasteiger partial charge in [-0.05, 0) is 32.9 Å². The Hall–Kier alpha value is -2.14. The largest absolute Gasteiger partial charge is 0.365 e. The van der Waals surface area contributed by atoms with Gasteiger partial charge in [-0.25, -0.2) is 4.98 Å². The number of imidazole rings is 1. The Balaban J connectivity index is 2.17. The number of hydrogen-bond donors (Lipinski definition) is 1. The van der Waals surface area contributed by atoms with Crippen molar-refractivity contribution in [2.45, 2.75) is 39.5 Å². The third-order valence-electron chi connectivity index (χ3n) is 3.58. The quantitative estimate of drug-likeness (QED) is 0.800. The third kappa shape index (κ3) is 3.36. The summed E-state index contributed by atoms with van der Waals surface area (Å²) in [6.07, 6.45) is 1.11. The molecule has 2 atom stereocenters. The van der Waals surface area contributed by atoms with E-state index in [0.29, 0.717) is 6.61 Å². The van der Waals surface area contributed by atoms with Gasteiger partial charge in [0, 0.05) is 6.54 Å². The van der Waals surface area contributed by atoms with Gasteiger partial charge in [0.05, 0.1) is 23.7 Å². The van der Waals surface area contributed by atoms with E-state index in [1.54, 1.807) is 13.0 Å². The molecule has 0 saturated heterocycles. The number of aryl methyl sites for hydroxylation is 1. The van der Waals surface area contributed by atoms with Crippen molar-refractivity contribution in [2.24, 2.45) is 0 Å². The highest BCUT2D eigenvalue weighted by molar-refractivity contribution is 5.81. The lowest BCUT2D eigenvalue weighted by atomic mass is 10.2. The van der Waals surface area contributed by atoms with E-state index < -0.39 is 6.10 Å². The maximum Gasteiger partial charge on any atom is 0.249 e. The molecule has 22 heavy (non-hydrogen) atoms. The summed E-state index contributed by atoms with van der Waals surface area (Å²) in [4.78, 5) is 16.8. The maximum atomic E-state index is 12.1. The minimum atomic E-state index is -0.514. The van der Waals surface area contributed by atoms with Crippen molar-refractivity contribution in [3.63, 3.8) is 0 Å². The van der Waals surface area contributed by atoms with Crippen LogP contribution in [0.1, 0.15) is 32.6 Å². The lowest BCUT2D eigenvalue weighted by molar-refractivity contribution is -0.131. The first-order valence-corrected chi connectivity index (χ1v) is 7.56. The van der Waals surface area contributed by atoms with E-state index in [0.717, 1.165) is 23.4 Å². The van der Waals surface area contributed by atoms with Crippen molar-refractivity contribution >= 4 is 16.9 Å². The fourth-order valence-corrected chi connectivity index (χ4v) is 2.44. The average Bonchev–Trinajstić information content (AvgIpc) is 2.91. The van der Waals surface area contributed by atoms with Crippen LogP contribution in [0, 0.1) is 0 Å². The summed E-state index contributed by atoms with van der Waals surface area (Å²) in [5, 5.41) is 2.96. The second-order valence-corrected chi connectivity index (χ2v) is 5.20. The number of nitrogens with zero attached hydrogens (tertiary/aromatic N) is 2. The molecule has 5 nitrogen and oxygen atoms in total. The summed E-state index contributed by atoms with van der Waals surface area (Å²) in [6, 6.07) is 7.80. The van der Waals surface area contributed by atoms with Crippen LogP contribution in [0.15, 0.2) is 36.9 Å². The summed E-state index contributed by atoms with van der Waals surface area (Å²) < 4.78 is 7.47. The number of carbonyl (C=O) groups is 1. The highest BCUT2D eigenvalue weighted by Gasteiger charge is 2.20. The fraction of sp³-hybridized carbons (Fsp3) is 0.412. The van der Waals surface area contributed by atoms with Gasteiger partial charge in [0.15, 0.2) is 0 Å². The minimum Gasteiger partial charge on any atom is -0.365 e. The smallest absolute Gasteiger partial charge is 0.249 e. The molecule has 0 aliphatic rings. The Kier molecular flexibility index (Phi) is 5.33. The van der Waals surface area contributed by atoms with Crippen LogP contribution in [0.5, 0.6) is 0 Å². The maximum absolute atomic E-state index is 12.1. The van der Waals surface area contributed by atoms with Gasteiger partial charge in [-0.15, -0.1) is 6.58 Å². The van der Waals surface area contributed by atoms with Gasteiger partial charge in [0.1, 0.15) is 11.9 Å². The Morgan fingerprint density at radius 2 is 2.18 bits per heavy atom. The van der Waals surface area contributed by atoms with Crippen LogP contribution in [0.2, 0.25) is 0 Å². The minimum absolute atomic E-state index is 0.149. The van der Waals surface area contributed by atoms with Crippen molar-refractivity contribution in [1.82, 2.24) is 14.9 Å². The topological polar surface area (TPSA) is 56.1 Å². The van der Waals surface area contributed by atoms with E-state index in [2.05, 4.69) is 28.4 Å². The third-order valence-corrected chi connectivity index (χ3v) is 3.58. The molecular weight excluding hydrogens is 278 g/mol. The van der Waals surface area contributed by atoms with E-state index >= 15 is 0 Å². The number of hydrogen-bond acceptors (Lipinski definition) is 3. The molecule has 2 aromatic rings. The first-order valence-electron chi connectivity index (χ1n) is 7.56. The molecule has 0 aliphatic carbocycles. The molecule has 0 saturated carbocycles. The summed E-state index contributed by atoms with van der Waals surface area (Å²) in [7, 11) is 0. The van der Waals surface area contributed by atoms with Crippen molar-refractivity contribution < 1.29 is 9.53 Å². The van der Waals surface area contributed by atoms with Gasteiger partial charge in [0.2, 0.25) is 5.91 Å². The van der Waals surface area contributed by atoms with Gasteiger partial charge in [-0.2, -0.15) is 0 Å². The zero-order valence-electron chi connectivity index (χ0n) is 13.4. The van der Waals surface area contributed by atoms with Crippen molar-refractivity contribution in [2.75, 3.05) is 6.61 Å². The van der Waals surface area contributed by atoms with Crippen molar-refractivity contribution in [3.05, 3.63) is 42.7 Å². The highest BCUT2D eigenvalue weighted by Crippen LogP contribution is 2.20. The predicted octanol–water partition coefficient (Wildman–Crippen LogP) is 2.82. The van der Waals surface area contributed by atoms with Gasteiger partial charge in [-0.3, -0.25) is 4.79 Å². The molecule has 0 spiro atoms. The van der Waals surface area contributed by atoms with E-state index in [1.807, 2.05) is 31.2 Å². The monoisotopic (exact) mass is 301 g/mol. The van der Waals surface area contributed by atoms with Crippen LogP contribution in [0.25, 0.3) is 11.0 Å². The lowest BCUT2D eigenvalue weighted by Crippen LogP contribution is -2.37. The van der Waals surface area contributed by atoms with Crippen LogP contribution >= 0.6 is 0 Å². The number of fused-ring (bicyclic) bond motifs is 1. The number of benzene rings is 1. The molecule has 2 rings (SSSR count). The summed E-state index contributed by atoms with van der Waals surface area (Å²) in [6.45, 7) is 10.5. The standard InChI is InChI=1S/C17H23N3O2/c1-5-11-22-13(4)17(21)18-12(3)16-19-14-9-7-8-10-15(14)20(16)6-2/h5,7-10,12-13H,1,6,11H2,2-4H3,(H,18,21)/t12-,13+/m0/s1. The van der Waals surface area contributed by atoms with Crippen LogP contribution in [-0.4, -0.2) is 28.2 Å². The number of aromatic nitrogens is 2. The van der Waals surface area contributed by atoms with E-state index in [4.69, 9.17) is 4.74 Å². The average molecular weight is 301 g/mol. The Labute approximate surface area is 131 Å². The Bertz CT molecular complexity index is 663. The Morgan fingerprint density at radius 1 is 1.45 bits per heavy atom. The highest BCUT2D eigenvalue weighted by atomic mass is 16.5. The zero-order valence-corrected chi connectivity index (χ0v) is 13.4. The van der Waals surface area contributed by atoms with Gasteiger partial charge >= 0.3 is 0 Å². The van der Waals surface area contributed by atoms with E-state index in [1.165, 1.54) is 0 Å². The van der Waals surface area contributed by atoms with Gasteiger partial charge < -0.3 is 14.6 Å². The molecule has 118 valence electrons. The van der Waals surface area contributed by atoms with Crippen LogP contribution in [0.3, 0.4) is 0 Å². The number of amides is 1. The molecule has 1 N–H and O–H groups in total. The molecular formula is C17H23N3O2. The molecule has 0 fully saturated rings. The molecule has 5 heteroatoms. The molecule has 0 bridgehead atoms. The van der Waals surface area contributed by atoms with Gasteiger partial charge in [0.25, 0.3) is 0 Å². The first-order chi connectivity index (χ1) is 10.6. The molecule has 1 heterocycles. The second-order valence-electron chi connectivity index (χ2n) is 5.20. The lowest BCUT2D eigenvalue weighted by Gasteiger charge is -2.18. The zero-order chi connectivity index (χ0) is 16.1. The summed E-state index contributed by atoms with van der Waals surface area (Å²) in [5.74, 6) is 0.706. The molecule has 0 radical (unpaired) electrons. The number of nitrogens with one attached hydrogen (secondary N) is 1. The van der Waals surface area contributed by atoms with Crippen molar-refractivity contribution in [3.8, 4) is 0 Å². The van der Waals surface area contributed by atoms with Crippen molar-refractivity contribution in [1.29, 1.82) is 0 Å². The molecule has 1 aromatic heterocycles. The number of rotatable bonds is 7. The Morgan fingerprint density at radius 3 is 2.86 bits per heavy atom. The number of carbonyl (C=O) groups excluding carboxylic acids is 1. The van der Waals surface area contributed by atoms with Crippen LogP contribution < -0.4 is 5.32 Å². The van der Waals surface area contributed by atoms with Crippen LogP contribution in [-0.2, 0) is 16.1 Å². The normalized spacial score (nSPS) is 13.8. The van der Waals surface area contributed by atoms with E-state index in [-0.39, 0.29) is 11.9 Å². The summed E-state index contributed by atoms with van der Waals surface area (Å²) in [5.41, 5.74) is 2.02. The SMILES string of the molecule is C=CCO[C@H](C)C(=O)N[C@@H](C)c1nc2ccccc2n1CC. The number of ether oxygens (including phenoxy) is 1. The fourth-order valence-electron chi connectivity index (χ4n) is 2.44. The number of para-hydroxylation sites is 2. The first kappa shape index (κ1) is 16.2. The predicted molar refractivity (Wildman–Crippen MR) is 87.6 cm³/mol. The molecule has 0 aliphatic heterocycles. The van der Waals surface area contributed by atoms with Gasteiger partial charge in [-0.1, -0.05) is 18.2 Å². The molecule has 0 unspecified atom stereocenters. The summed E-state index contributed by atoms with van der Waals surface area (Å²) >= 11 is 0. The molecule has 1 aromatic carbocycles.